The van der Waals surface area contributed by atoms with E-state index in [1.807, 2.05) is 50.2 Å². The SMILES string of the molecule is CC1(C)CC(c2ccccc2)=NN(C(=O)c2ccccc2)[C@@]12NS(=O)(=O)c1ccccc12. The molecule has 1 amide bonds. The normalized spacial score (nSPS) is 22.9. The lowest BCUT2D eigenvalue weighted by molar-refractivity contribution is -0.0236. The quantitative estimate of drug-likeness (QED) is 0.645. The monoisotopic (exact) mass is 445 g/mol. The minimum absolute atomic E-state index is 0.178. The topological polar surface area (TPSA) is 78.8 Å². The molecule has 5 rings (SSSR count). The number of amides is 1. The van der Waals surface area contributed by atoms with Crippen LogP contribution in [0.1, 0.15) is 41.8 Å². The minimum Gasteiger partial charge on any atom is -0.267 e. The number of nitrogens with one attached hydrogen (secondary N) is 1. The number of sulfonamides is 1. The molecule has 0 saturated heterocycles. The van der Waals surface area contributed by atoms with Gasteiger partial charge in [0, 0.05) is 23.0 Å². The molecule has 0 radical (unpaired) electrons. The highest BCUT2D eigenvalue weighted by Gasteiger charge is 2.62. The van der Waals surface area contributed by atoms with E-state index >= 15 is 0 Å². The summed E-state index contributed by atoms with van der Waals surface area (Å²) in [4.78, 5) is 14.0. The first-order valence-corrected chi connectivity index (χ1v) is 11.9. The van der Waals surface area contributed by atoms with Crippen LogP contribution in [-0.4, -0.2) is 25.0 Å². The average Bonchev–Trinajstić information content (AvgIpc) is 3.05. The molecule has 32 heavy (non-hydrogen) atoms. The van der Waals surface area contributed by atoms with E-state index in [1.54, 1.807) is 48.5 Å². The van der Waals surface area contributed by atoms with E-state index in [1.165, 1.54) is 5.01 Å². The van der Waals surface area contributed by atoms with Crippen LogP contribution in [0.5, 0.6) is 0 Å². The fourth-order valence-electron chi connectivity index (χ4n) is 4.72. The standard InChI is InChI=1S/C25H23N3O3S/c1-24(2)17-21(18-11-5-3-6-12-18)26-28(23(29)19-13-7-4-8-14-19)25(24)20-15-9-10-16-22(20)32(30,31)27-25/h3-16,27H,17H2,1-2H3/t25-/m1/s1. The van der Waals surface area contributed by atoms with E-state index < -0.39 is 21.1 Å². The molecule has 3 aromatic rings. The van der Waals surface area contributed by atoms with Crippen molar-refractivity contribution < 1.29 is 13.2 Å². The molecule has 6 nitrogen and oxygen atoms in total. The highest BCUT2D eigenvalue weighted by molar-refractivity contribution is 7.89. The van der Waals surface area contributed by atoms with Gasteiger partial charge in [-0.2, -0.15) is 9.82 Å². The van der Waals surface area contributed by atoms with E-state index in [2.05, 4.69) is 4.72 Å². The lowest BCUT2D eigenvalue weighted by Crippen LogP contribution is -2.65. The molecule has 162 valence electrons. The van der Waals surface area contributed by atoms with Crippen LogP contribution in [0, 0.1) is 5.41 Å². The molecule has 1 N–H and O–H groups in total. The molecule has 2 aliphatic heterocycles. The van der Waals surface area contributed by atoms with Gasteiger partial charge in [0.25, 0.3) is 5.91 Å². The van der Waals surface area contributed by atoms with Crippen molar-refractivity contribution >= 4 is 21.6 Å². The Morgan fingerprint density at radius 2 is 1.50 bits per heavy atom. The van der Waals surface area contributed by atoms with Crippen LogP contribution in [-0.2, 0) is 15.7 Å². The van der Waals surface area contributed by atoms with Crippen molar-refractivity contribution in [1.29, 1.82) is 0 Å². The second-order valence-electron chi connectivity index (χ2n) is 8.77. The molecule has 2 aliphatic rings. The number of hydrazone groups is 1. The molecule has 2 heterocycles. The fraction of sp³-hybridized carbons (Fsp3) is 0.200. The third-order valence-corrected chi connectivity index (χ3v) is 7.79. The maximum absolute atomic E-state index is 13.8. The Morgan fingerprint density at radius 3 is 2.19 bits per heavy atom. The van der Waals surface area contributed by atoms with Gasteiger partial charge < -0.3 is 0 Å². The van der Waals surface area contributed by atoms with Gasteiger partial charge in [-0.05, 0) is 23.8 Å². The van der Waals surface area contributed by atoms with Crippen LogP contribution in [0.3, 0.4) is 0 Å². The van der Waals surface area contributed by atoms with Crippen molar-refractivity contribution in [2.45, 2.75) is 30.8 Å². The lowest BCUT2D eigenvalue weighted by Gasteiger charge is -2.51. The van der Waals surface area contributed by atoms with E-state index in [0.29, 0.717) is 17.5 Å². The summed E-state index contributed by atoms with van der Waals surface area (Å²) in [5.74, 6) is -0.369. The van der Waals surface area contributed by atoms with Gasteiger partial charge in [0.15, 0.2) is 5.66 Å². The third-order valence-electron chi connectivity index (χ3n) is 6.30. The molecule has 0 bridgehead atoms. The summed E-state index contributed by atoms with van der Waals surface area (Å²) in [6.07, 6.45) is 0.479. The van der Waals surface area contributed by atoms with Gasteiger partial charge in [-0.15, -0.1) is 0 Å². The van der Waals surface area contributed by atoms with Gasteiger partial charge in [-0.25, -0.2) is 13.4 Å². The summed E-state index contributed by atoms with van der Waals surface area (Å²) in [6.45, 7) is 3.95. The number of benzene rings is 3. The first kappa shape index (κ1) is 20.6. The maximum atomic E-state index is 13.8. The average molecular weight is 446 g/mol. The molecule has 3 aromatic carbocycles. The van der Waals surface area contributed by atoms with Crippen molar-refractivity contribution in [2.24, 2.45) is 10.5 Å². The van der Waals surface area contributed by atoms with Gasteiger partial charge in [0.05, 0.1) is 10.6 Å². The zero-order chi connectivity index (χ0) is 22.6. The van der Waals surface area contributed by atoms with Gasteiger partial charge in [-0.1, -0.05) is 80.6 Å². The highest BCUT2D eigenvalue weighted by atomic mass is 32.2. The first-order valence-electron chi connectivity index (χ1n) is 10.4. The smallest absolute Gasteiger partial charge is 0.267 e. The Labute approximate surface area is 187 Å². The largest absolute Gasteiger partial charge is 0.276 e. The van der Waals surface area contributed by atoms with Crippen molar-refractivity contribution in [1.82, 2.24) is 9.73 Å². The lowest BCUT2D eigenvalue weighted by atomic mass is 9.69. The van der Waals surface area contributed by atoms with Gasteiger partial charge in [-0.3, -0.25) is 4.79 Å². The molecule has 1 spiro atoms. The fourth-order valence-corrected chi connectivity index (χ4v) is 6.45. The molecule has 0 saturated carbocycles. The summed E-state index contributed by atoms with van der Waals surface area (Å²) < 4.78 is 29.2. The van der Waals surface area contributed by atoms with Crippen LogP contribution < -0.4 is 4.72 Å². The summed E-state index contributed by atoms with van der Waals surface area (Å²) in [5, 5.41) is 6.14. The molecule has 0 aliphatic carbocycles. The molecule has 0 unspecified atom stereocenters. The molecule has 7 heteroatoms. The predicted octanol–water partition coefficient (Wildman–Crippen LogP) is 4.11. The predicted molar refractivity (Wildman–Crippen MR) is 122 cm³/mol. The Bertz CT molecular complexity index is 1340. The van der Waals surface area contributed by atoms with Crippen molar-refractivity contribution in [3.63, 3.8) is 0 Å². The summed E-state index contributed by atoms with van der Waals surface area (Å²) in [5.41, 5.74) is 0.538. The summed E-state index contributed by atoms with van der Waals surface area (Å²) in [6, 6.07) is 25.3. The van der Waals surface area contributed by atoms with Gasteiger partial charge in [0.1, 0.15) is 0 Å². The highest BCUT2D eigenvalue weighted by Crippen LogP contribution is 2.54. The number of carbonyl (C=O) groups excluding carboxylic acids is 1. The second-order valence-corrected chi connectivity index (χ2v) is 10.4. The molecular formula is C25H23N3O3S. The van der Waals surface area contributed by atoms with Gasteiger partial charge in [0.2, 0.25) is 10.0 Å². The third kappa shape index (κ3) is 2.92. The van der Waals surface area contributed by atoms with Crippen LogP contribution in [0.25, 0.3) is 0 Å². The Kier molecular flexibility index (Phi) is 4.58. The Morgan fingerprint density at radius 1 is 0.906 bits per heavy atom. The number of hydrogen-bond donors (Lipinski definition) is 1. The maximum Gasteiger partial charge on any atom is 0.276 e. The van der Waals surface area contributed by atoms with Crippen LogP contribution in [0.4, 0.5) is 0 Å². The van der Waals surface area contributed by atoms with Gasteiger partial charge >= 0.3 is 0 Å². The number of nitrogens with zero attached hydrogens (tertiary/aromatic N) is 2. The molecule has 0 fully saturated rings. The van der Waals surface area contributed by atoms with Crippen molar-refractivity contribution in [2.75, 3.05) is 0 Å². The van der Waals surface area contributed by atoms with E-state index in [4.69, 9.17) is 5.10 Å². The van der Waals surface area contributed by atoms with Crippen LogP contribution in [0.2, 0.25) is 0 Å². The Balaban J connectivity index is 1.79. The second kappa shape index (κ2) is 7.12. The van der Waals surface area contributed by atoms with Crippen LogP contribution >= 0.6 is 0 Å². The number of hydrogen-bond acceptors (Lipinski definition) is 4. The first-order chi connectivity index (χ1) is 15.3. The van der Waals surface area contributed by atoms with Crippen LogP contribution in [0.15, 0.2) is 94.9 Å². The van der Waals surface area contributed by atoms with Crippen molar-refractivity contribution in [3.8, 4) is 0 Å². The number of rotatable bonds is 2. The zero-order valence-electron chi connectivity index (χ0n) is 17.8. The Hall–Kier alpha value is -3.29. The zero-order valence-corrected chi connectivity index (χ0v) is 18.6. The van der Waals surface area contributed by atoms with E-state index in [-0.39, 0.29) is 10.8 Å². The summed E-state index contributed by atoms with van der Waals surface area (Å²) >= 11 is 0. The number of fused-ring (bicyclic) bond motifs is 2. The molecule has 0 aromatic heterocycles. The molecular weight excluding hydrogens is 422 g/mol. The molecule has 1 atom stereocenters. The van der Waals surface area contributed by atoms with Crippen molar-refractivity contribution in [3.05, 3.63) is 102 Å². The summed E-state index contributed by atoms with van der Waals surface area (Å²) in [7, 11) is -3.83. The van der Waals surface area contributed by atoms with E-state index in [9.17, 15) is 13.2 Å². The number of carbonyl (C=O) groups is 1. The minimum atomic E-state index is -3.83. The van der Waals surface area contributed by atoms with E-state index in [0.717, 1.165) is 11.3 Å².